The molecule has 0 saturated carbocycles. The van der Waals surface area contributed by atoms with Crippen LogP contribution in [0.4, 0.5) is 5.69 Å². The van der Waals surface area contributed by atoms with E-state index in [1.54, 1.807) is 18.5 Å². The Bertz CT molecular complexity index is 885. The summed E-state index contributed by atoms with van der Waals surface area (Å²) in [5.74, 6) is 0.201. The normalized spacial score (nSPS) is 10.9. The minimum atomic E-state index is -3.58. The number of nitrogens with zero attached hydrogens (tertiary/aromatic N) is 2. The highest BCUT2D eigenvalue weighted by Crippen LogP contribution is 2.35. The summed E-state index contributed by atoms with van der Waals surface area (Å²) in [4.78, 5) is 16.7. The summed E-state index contributed by atoms with van der Waals surface area (Å²) in [6.45, 7) is 0.253. The van der Waals surface area contributed by atoms with E-state index in [0.717, 1.165) is 16.1 Å². The highest BCUT2D eigenvalue weighted by molar-refractivity contribution is 7.92. The van der Waals surface area contributed by atoms with E-state index in [-0.39, 0.29) is 17.8 Å². The lowest BCUT2D eigenvalue weighted by Gasteiger charge is -2.22. The summed E-state index contributed by atoms with van der Waals surface area (Å²) in [5.41, 5.74) is 1.16. The van der Waals surface area contributed by atoms with Crippen LogP contribution in [0.2, 0.25) is 0 Å². The largest absolute Gasteiger partial charge is 0.493 e. The number of pyridine rings is 1. The van der Waals surface area contributed by atoms with Gasteiger partial charge in [-0.1, -0.05) is 6.07 Å². The van der Waals surface area contributed by atoms with Crippen LogP contribution < -0.4 is 19.1 Å². The molecule has 0 fully saturated rings. The molecule has 1 aromatic carbocycles. The Morgan fingerprint density at radius 2 is 1.88 bits per heavy atom. The Hall–Kier alpha value is -2.81. The molecule has 1 N–H and O–H groups in total. The first-order chi connectivity index (χ1) is 12.3. The lowest BCUT2D eigenvalue weighted by atomic mass is 10.1. The molecule has 0 saturated heterocycles. The summed E-state index contributed by atoms with van der Waals surface area (Å²) in [6.07, 6.45) is 4.33. The van der Waals surface area contributed by atoms with Gasteiger partial charge in [0.25, 0.3) is 5.91 Å². The van der Waals surface area contributed by atoms with Crippen molar-refractivity contribution in [2.45, 2.75) is 6.54 Å². The summed E-state index contributed by atoms with van der Waals surface area (Å²) in [6, 6.07) is 6.50. The third-order valence-electron chi connectivity index (χ3n) is 3.76. The molecule has 8 nitrogen and oxygen atoms in total. The SMILES string of the molecule is COc1cc(C(=O)NCc2cccnc2)c(N(C)S(C)(=O)=O)cc1OC. The van der Waals surface area contributed by atoms with Crippen molar-refractivity contribution in [3.63, 3.8) is 0 Å². The van der Waals surface area contributed by atoms with Crippen LogP contribution in [-0.2, 0) is 16.6 Å². The average Bonchev–Trinajstić information content (AvgIpc) is 2.64. The molecule has 0 aliphatic heterocycles. The molecule has 140 valence electrons. The zero-order valence-corrected chi connectivity index (χ0v) is 15.8. The topological polar surface area (TPSA) is 97.8 Å². The second-order valence-corrected chi connectivity index (χ2v) is 7.51. The van der Waals surface area contributed by atoms with Crippen LogP contribution in [0, 0.1) is 0 Å². The Morgan fingerprint density at radius 3 is 2.42 bits per heavy atom. The Balaban J connectivity index is 2.42. The Labute approximate surface area is 152 Å². The third-order valence-corrected chi connectivity index (χ3v) is 4.95. The van der Waals surface area contributed by atoms with Crippen LogP contribution in [-0.4, -0.2) is 46.8 Å². The molecule has 0 bridgehead atoms. The second kappa shape index (κ2) is 8.05. The smallest absolute Gasteiger partial charge is 0.253 e. The van der Waals surface area contributed by atoms with Crippen LogP contribution in [0.5, 0.6) is 11.5 Å². The fourth-order valence-corrected chi connectivity index (χ4v) is 2.78. The van der Waals surface area contributed by atoms with Crippen LogP contribution in [0.15, 0.2) is 36.7 Å². The summed E-state index contributed by atoms with van der Waals surface area (Å²) in [7, 11) is 0.667. The standard InChI is InChI=1S/C17H21N3O5S/c1-20(26(4,22)23)14-9-16(25-3)15(24-2)8-13(14)17(21)19-11-12-6-5-7-18-10-12/h5-10H,11H2,1-4H3,(H,19,21). The van der Waals surface area contributed by atoms with E-state index in [1.807, 2.05) is 6.07 Å². The van der Waals surface area contributed by atoms with E-state index in [1.165, 1.54) is 33.4 Å². The van der Waals surface area contributed by atoms with E-state index in [2.05, 4.69) is 10.3 Å². The van der Waals surface area contributed by atoms with Gasteiger partial charge in [0.2, 0.25) is 10.0 Å². The van der Waals surface area contributed by atoms with Crippen molar-refractivity contribution in [1.82, 2.24) is 10.3 Å². The number of amides is 1. The van der Waals surface area contributed by atoms with Crippen molar-refractivity contribution in [2.75, 3.05) is 31.8 Å². The fraction of sp³-hybridized carbons (Fsp3) is 0.294. The Morgan fingerprint density at radius 1 is 1.23 bits per heavy atom. The van der Waals surface area contributed by atoms with Crippen molar-refractivity contribution in [1.29, 1.82) is 0 Å². The van der Waals surface area contributed by atoms with E-state index in [4.69, 9.17) is 9.47 Å². The van der Waals surface area contributed by atoms with Crippen molar-refractivity contribution in [3.05, 3.63) is 47.8 Å². The quantitative estimate of drug-likeness (QED) is 0.781. The number of carbonyl (C=O) groups is 1. The number of carbonyl (C=O) groups excluding carboxylic acids is 1. The van der Waals surface area contributed by atoms with E-state index in [9.17, 15) is 13.2 Å². The number of anilines is 1. The van der Waals surface area contributed by atoms with Crippen molar-refractivity contribution in [3.8, 4) is 11.5 Å². The molecule has 26 heavy (non-hydrogen) atoms. The predicted molar refractivity (Wildman–Crippen MR) is 98.2 cm³/mol. The first kappa shape index (κ1) is 19.5. The maximum absolute atomic E-state index is 12.7. The van der Waals surface area contributed by atoms with Gasteiger partial charge in [-0.05, 0) is 17.7 Å². The van der Waals surface area contributed by atoms with Gasteiger partial charge in [-0.2, -0.15) is 0 Å². The maximum Gasteiger partial charge on any atom is 0.253 e. The number of hydrogen-bond donors (Lipinski definition) is 1. The van der Waals surface area contributed by atoms with Gasteiger partial charge < -0.3 is 14.8 Å². The van der Waals surface area contributed by atoms with Gasteiger partial charge in [0.05, 0.1) is 31.7 Å². The van der Waals surface area contributed by atoms with Gasteiger partial charge in [-0.25, -0.2) is 8.42 Å². The number of benzene rings is 1. The van der Waals surface area contributed by atoms with Crippen molar-refractivity contribution < 1.29 is 22.7 Å². The summed E-state index contributed by atoms with van der Waals surface area (Å²) in [5, 5.41) is 2.75. The predicted octanol–water partition coefficient (Wildman–Crippen LogP) is 1.42. The molecular weight excluding hydrogens is 358 g/mol. The van der Waals surface area contributed by atoms with Gasteiger partial charge in [0, 0.05) is 32.1 Å². The number of sulfonamides is 1. The van der Waals surface area contributed by atoms with Gasteiger partial charge in [0.1, 0.15) is 0 Å². The number of hydrogen-bond acceptors (Lipinski definition) is 6. The van der Waals surface area contributed by atoms with Crippen molar-refractivity contribution in [2.24, 2.45) is 0 Å². The molecule has 1 heterocycles. The molecule has 9 heteroatoms. The number of rotatable bonds is 7. The van der Waals surface area contributed by atoms with Gasteiger partial charge in [-0.3, -0.25) is 14.1 Å². The monoisotopic (exact) mass is 379 g/mol. The van der Waals surface area contributed by atoms with Crippen molar-refractivity contribution >= 4 is 21.6 Å². The second-order valence-electron chi connectivity index (χ2n) is 5.50. The van der Waals surface area contributed by atoms with E-state index < -0.39 is 15.9 Å². The number of aromatic nitrogens is 1. The molecule has 2 aromatic rings. The maximum atomic E-state index is 12.7. The Kier molecular flexibility index (Phi) is 6.04. The molecule has 0 aliphatic carbocycles. The molecule has 0 spiro atoms. The van der Waals surface area contributed by atoms with Gasteiger partial charge >= 0.3 is 0 Å². The first-order valence-electron chi connectivity index (χ1n) is 7.65. The molecule has 1 aromatic heterocycles. The molecule has 0 aliphatic rings. The fourth-order valence-electron chi connectivity index (χ4n) is 2.27. The minimum absolute atomic E-state index is 0.152. The zero-order valence-electron chi connectivity index (χ0n) is 15.0. The number of methoxy groups -OCH3 is 2. The van der Waals surface area contributed by atoms with E-state index in [0.29, 0.717) is 11.5 Å². The first-order valence-corrected chi connectivity index (χ1v) is 9.49. The zero-order chi connectivity index (χ0) is 19.3. The number of nitrogens with one attached hydrogen (secondary N) is 1. The lowest BCUT2D eigenvalue weighted by Crippen LogP contribution is -2.30. The molecule has 2 rings (SSSR count). The number of ether oxygens (including phenoxy) is 2. The highest BCUT2D eigenvalue weighted by Gasteiger charge is 2.23. The van der Waals surface area contributed by atoms with Crippen LogP contribution in [0.1, 0.15) is 15.9 Å². The molecule has 0 unspecified atom stereocenters. The third kappa shape index (κ3) is 4.42. The molecule has 0 atom stereocenters. The van der Waals surface area contributed by atoms with Crippen LogP contribution >= 0.6 is 0 Å². The summed E-state index contributed by atoms with van der Waals surface area (Å²) < 4.78 is 35.4. The van der Waals surface area contributed by atoms with Gasteiger partial charge in [0.15, 0.2) is 11.5 Å². The van der Waals surface area contributed by atoms with Crippen LogP contribution in [0.3, 0.4) is 0 Å². The molecule has 1 amide bonds. The highest BCUT2D eigenvalue weighted by atomic mass is 32.2. The van der Waals surface area contributed by atoms with Crippen LogP contribution in [0.25, 0.3) is 0 Å². The van der Waals surface area contributed by atoms with E-state index >= 15 is 0 Å². The summed E-state index contributed by atoms with van der Waals surface area (Å²) >= 11 is 0. The molecule has 0 radical (unpaired) electrons. The lowest BCUT2D eigenvalue weighted by molar-refractivity contribution is 0.0951. The van der Waals surface area contributed by atoms with Gasteiger partial charge in [-0.15, -0.1) is 0 Å². The molecular formula is C17H21N3O5S. The average molecular weight is 379 g/mol. The minimum Gasteiger partial charge on any atom is -0.493 e.